The first-order valence-corrected chi connectivity index (χ1v) is 5.57. The van der Waals surface area contributed by atoms with E-state index in [1.54, 1.807) is 0 Å². The second kappa shape index (κ2) is 6.46. The van der Waals surface area contributed by atoms with Gasteiger partial charge in [-0.05, 0) is 19.3 Å². The summed E-state index contributed by atoms with van der Waals surface area (Å²) in [6.45, 7) is 6.42. The molecule has 0 aromatic carbocycles. The van der Waals surface area contributed by atoms with Gasteiger partial charge in [0.05, 0.1) is 5.33 Å². The number of carbonyl (C=O) groups is 1. The molecule has 72 valence electrons. The normalized spacial score (nSPS) is 15.3. The van der Waals surface area contributed by atoms with Crippen molar-refractivity contribution in [2.45, 2.75) is 39.7 Å². The zero-order valence-corrected chi connectivity index (χ0v) is 9.65. The zero-order chi connectivity index (χ0) is 9.56. The molecule has 1 N–H and O–H groups in total. The first kappa shape index (κ1) is 11.9. The Morgan fingerprint density at radius 2 is 2.08 bits per heavy atom. The van der Waals surface area contributed by atoms with Crippen molar-refractivity contribution in [2.24, 2.45) is 5.92 Å². The Labute approximate surface area is 83.2 Å². The molecule has 0 rings (SSSR count). The molecule has 0 saturated carbocycles. The van der Waals surface area contributed by atoms with Crippen molar-refractivity contribution in [3.63, 3.8) is 0 Å². The SMILES string of the molecule is CCC(C)CC(C)NC(=O)CBr. The second-order valence-electron chi connectivity index (χ2n) is 3.35. The average Bonchev–Trinajstić information content (AvgIpc) is 2.03. The summed E-state index contributed by atoms with van der Waals surface area (Å²) in [5, 5.41) is 3.31. The molecule has 12 heavy (non-hydrogen) atoms. The van der Waals surface area contributed by atoms with E-state index < -0.39 is 0 Å². The van der Waals surface area contributed by atoms with Crippen LogP contribution in [-0.2, 0) is 4.79 Å². The molecule has 1 amide bonds. The van der Waals surface area contributed by atoms with Crippen LogP contribution in [-0.4, -0.2) is 17.3 Å². The number of alkyl halides is 1. The van der Waals surface area contributed by atoms with Gasteiger partial charge in [-0.2, -0.15) is 0 Å². The summed E-state index contributed by atoms with van der Waals surface area (Å²) < 4.78 is 0. The van der Waals surface area contributed by atoms with E-state index in [0.717, 1.165) is 6.42 Å². The van der Waals surface area contributed by atoms with Gasteiger partial charge in [-0.3, -0.25) is 4.79 Å². The number of hydrogen-bond acceptors (Lipinski definition) is 1. The molecule has 0 aliphatic rings. The maximum absolute atomic E-state index is 10.9. The van der Waals surface area contributed by atoms with Crippen LogP contribution in [0, 0.1) is 5.92 Å². The van der Waals surface area contributed by atoms with Crippen LogP contribution < -0.4 is 5.32 Å². The summed E-state index contributed by atoms with van der Waals surface area (Å²) in [5.74, 6) is 0.765. The molecule has 0 aromatic heterocycles. The standard InChI is InChI=1S/C9H18BrNO/c1-4-7(2)5-8(3)11-9(12)6-10/h7-8H,4-6H2,1-3H3,(H,11,12). The van der Waals surface area contributed by atoms with Crippen LogP contribution in [0.25, 0.3) is 0 Å². The molecule has 2 unspecified atom stereocenters. The number of nitrogens with one attached hydrogen (secondary N) is 1. The molecule has 2 atom stereocenters. The Hall–Kier alpha value is -0.0500. The summed E-state index contributed by atoms with van der Waals surface area (Å²) in [7, 11) is 0. The fourth-order valence-electron chi connectivity index (χ4n) is 1.14. The molecule has 0 fully saturated rings. The maximum Gasteiger partial charge on any atom is 0.230 e. The maximum atomic E-state index is 10.9. The summed E-state index contributed by atoms with van der Waals surface area (Å²) in [4.78, 5) is 10.9. The number of rotatable bonds is 5. The van der Waals surface area contributed by atoms with E-state index in [1.807, 2.05) is 6.92 Å². The molecule has 0 aliphatic heterocycles. The number of halogens is 1. The van der Waals surface area contributed by atoms with Gasteiger partial charge in [0.15, 0.2) is 0 Å². The number of carbonyl (C=O) groups excluding carboxylic acids is 1. The topological polar surface area (TPSA) is 29.1 Å². The van der Waals surface area contributed by atoms with Gasteiger partial charge < -0.3 is 5.32 Å². The van der Waals surface area contributed by atoms with Crippen molar-refractivity contribution >= 4 is 21.8 Å². The van der Waals surface area contributed by atoms with Crippen LogP contribution in [0.1, 0.15) is 33.6 Å². The first-order valence-electron chi connectivity index (χ1n) is 4.45. The molecule has 0 aliphatic carbocycles. The van der Waals surface area contributed by atoms with Crippen molar-refractivity contribution in [3.05, 3.63) is 0 Å². The number of amides is 1. The Bertz CT molecular complexity index is 138. The molecule has 0 radical (unpaired) electrons. The van der Waals surface area contributed by atoms with Gasteiger partial charge in [0.1, 0.15) is 0 Å². The van der Waals surface area contributed by atoms with Crippen LogP contribution in [0.5, 0.6) is 0 Å². The molecular weight excluding hydrogens is 218 g/mol. The fourth-order valence-corrected chi connectivity index (χ4v) is 1.30. The van der Waals surface area contributed by atoms with Crippen LogP contribution in [0.2, 0.25) is 0 Å². The van der Waals surface area contributed by atoms with Gasteiger partial charge in [0.25, 0.3) is 0 Å². The van der Waals surface area contributed by atoms with Crippen molar-refractivity contribution in [1.29, 1.82) is 0 Å². The Morgan fingerprint density at radius 1 is 1.50 bits per heavy atom. The van der Waals surface area contributed by atoms with Crippen LogP contribution in [0.3, 0.4) is 0 Å². The third-order valence-corrected chi connectivity index (χ3v) is 2.49. The highest BCUT2D eigenvalue weighted by Gasteiger charge is 2.08. The minimum absolute atomic E-state index is 0.0748. The Kier molecular flexibility index (Phi) is 6.44. The van der Waals surface area contributed by atoms with Gasteiger partial charge in [-0.1, -0.05) is 36.2 Å². The molecule has 3 heteroatoms. The lowest BCUT2D eigenvalue weighted by Gasteiger charge is -2.16. The monoisotopic (exact) mass is 235 g/mol. The largest absolute Gasteiger partial charge is 0.353 e. The van der Waals surface area contributed by atoms with Crippen LogP contribution in [0.4, 0.5) is 0 Å². The fraction of sp³-hybridized carbons (Fsp3) is 0.889. The van der Waals surface area contributed by atoms with E-state index in [9.17, 15) is 4.79 Å². The lowest BCUT2D eigenvalue weighted by molar-refractivity contribution is -0.119. The van der Waals surface area contributed by atoms with Gasteiger partial charge in [-0.25, -0.2) is 0 Å². The predicted molar refractivity (Wildman–Crippen MR) is 55.5 cm³/mol. The van der Waals surface area contributed by atoms with Crippen molar-refractivity contribution in [2.75, 3.05) is 5.33 Å². The van der Waals surface area contributed by atoms with Gasteiger partial charge in [-0.15, -0.1) is 0 Å². The quantitative estimate of drug-likeness (QED) is 0.729. The van der Waals surface area contributed by atoms with Crippen molar-refractivity contribution < 1.29 is 4.79 Å². The van der Waals surface area contributed by atoms with Gasteiger partial charge in [0.2, 0.25) is 5.91 Å². The molecule has 0 bridgehead atoms. The average molecular weight is 236 g/mol. The predicted octanol–water partition coefficient (Wildman–Crippen LogP) is 2.32. The highest BCUT2D eigenvalue weighted by molar-refractivity contribution is 9.09. The highest BCUT2D eigenvalue weighted by atomic mass is 79.9. The van der Waals surface area contributed by atoms with Crippen molar-refractivity contribution in [1.82, 2.24) is 5.32 Å². The Balaban J connectivity index is 3.58. The van der Waals surface area contributed by atoms with E-state index in [4.69, 9.17) is 0 Å². The van der Waals surface area contributed by atoms with E-state index >= 15 is 0 Å². The van der Waals surface area contributed by atoms with E-state index in [2.05, 4.69) is 35.1 Å². The minimum atomic E-state index is 0.0748. The molecule has 0 heterocycles. The van der Waals surface area contributed by atoms with Crippen LogP contribution in [0.15, 0.2) is 0 Å². The van der Waals surface area contributed by atoms with Crippen LogP contribution >= 0.6 is 15.9 Å². The van der Waals surface area contributed by atoms with Gasteiger partial charge >= 0.3 is 0 Å². The smallest absolute Gasteiger partial charge is 0.230 e. The molecular formula is C9H18BrNO. The second-order valence-corrected chi connectivity index (χ2v) is 3.91. The molecule has 0 aromatic rings. The summed E-state index contributed by atoms with van der Waals surface area (Å²) >= 11 is 3.11. The molecule has 0 saturated heterocycles. The number of hydrogen-bond donors (Lipinski definition) is 1. The zero-order valence-electron chi connectivity index (χ0n) is 8.06. The third-order valence-electron chi connectivity index (χ3n) is 1.98. The lowest BCUT2D eigenvalue weighted by atomic mass is 10.0. The highest BCUT2D eigenvalue weighted by Crippen LogP contribution is 2.09. The summed E-state index contributed by atoms with van der Waals surface area (Å²) in [5.41, 5.74) is 0. The van der Waals surface area contributed by atoms with E-state index in [0.29, 0.717) is 17.3 Å². The Morgan fingerprint density at radius 3 is 2.50 bits per heavy atom. The van der Waals surface area contributed by atoms with E-state index in [1.165, 1.54) is 6.42 Å². The summed E-state index contributed by atoms with van der Waals surface area (Å²) in [6.07, 6.45) is 2.24. The lowest BCUT2D eigenvalue weighted by Crippen LogP contribution is -2.34. The van der Waals surface area contributed by atoms with E-state index in [-0.39, 0.29) is 5.91 Å². The summed E-state index contributed by atoms with van der Waals surface area (Å²) in [6, 6.07) is 0.296. The minimum Gasteiger partial charge on any atom is -0.353 e. The first-order chi connectivity index (χ1) is 5.60. The molecule has 0 spiro atoms. The third kappa shape index (κ3) is 5.58. The van der Waals surface area contributed by atoms with Crippen molar-refractivity contribution in [3.8, 4) is 0 Å². The van der Waals surface area contributed by atoms with Gasteiger partial charge in [0, 0.05) is 6.04 Å². The molecule has 2 nitrogen and oxygen atoms in total.